The number of hydrogen-bond acceptors (Lipinski definition) is 6. The lowest BCUT2D eigenvalue weighted by Gasteiger charge is -2.28. The maximum Gasteiger partial charge on any atom is 0.223 e. The summed E-state index contributed by atoms with van der Waals surface area (Å²) < 4.78 is 0. The number of nitrogens with one attached hydrogen (secondary N) is 4. The second-order valence-electron chi connectivity index (χ2n) is 10.4. The molecule has 0 spiro atoms. The fourth-order valence-electron chi connectivity index (χ4n) is 5.04. The van der Waals surface area contributed by atoms with Gasteiger partial charge in [-0.3, -0.25) is 14.7 Å². The molecule has 10 heteroatoms. The highest BCUT2D eigenvalue weighted by Gasteiger charge is 2.29. The molecule has 36 heavy (non-hydrogen) atoms. The molecule has 0 saturated heterocycles. The Morgan fingerprint density at radius 1 is 1.11 bits per heavy atom. The molecule has 0 radical (unpaired) electrons. The van der Waals surface area contributed by atoms with Crippen molar-refractivity contribution in [2.24, 2.45) is 23.5 Å². The highest BCUT2D eigenvalue weighted by atomic mass is 16.2. The number of hydrogen-bond donors (Lipinski definition) is 6. The third kappa shape index (κ3) is 5.70. The molecule has 1 aromatic carbocycles. The fourth-order valence-corrected chi connectivity index (χ4v) is 5.04. The molecule has 5 rings (SSSR count). The molecule has 1 atom stereocenters. The van der Waals surface area contributed by atoms with Gasteiger partial charge in [0.05, 0.1) is 23.4 Å². The summed E-state index contributed by atoms with van der Waals surface area (Å²) in [6.45, 7) is 1.42. The van der Waals surface area contributed by atoms with Gasteiger partial charge < -0.3 is 27.1 Å². The van der Waals surface area contributed by atoms with E-state index in [2.05, 4.69) is 30.8 Å². The average Bonchev–Trinajstić information content (AvgIpc) is 3.48. The molecule has 2 aromatic heterocycles. The molecule has 0 bridgehead atoms. The zero-order valence-corrected chi connectivity index (χ0v) is 20.6. The zero-order chi connectivity index (χ0) is 25.1. The number of aromatic amines is 2. The van der Waals surface area contributed by atoms with E-state index in [1.807, 2.05) is 18.2 Å². The number of imidazole rings is 1. The molecule has 0 aliphatic heterocycles. The van der Waals surface area contributed by atoms with E-state index in [0.717, 1.165) is 54.4 Å². The SMILES string of the molecule is NCC1CCC(C(=O)NC(CCC(=O)NCC2CC2)c2ncc(-c3ccc4c(N)n[nH]c4c3)[nH]2)CC1. The van der Waals surface area contributed by atoms with Crippen LogP contribution in [-0.2, 0) is 9.59 Å². The summed E-state index contributed by atoms with van der Waals surface area (Å²) in [6.07, 6.45) is 8.60. The minimum absolute atomic E-state index is 0.0127. The first-order chi connectivity index (χ1) is 17.5. The normalized spacial score (nSPS) is 20.8. The summed E-state index contributed by atoms with van der Waals surface area (Å²) in [7, 11) is 0. The Balaban J connectivity index is 1.29. The number of nitrogen functional groups attached to an aromatic ring is 1. The molecule has 2 aliphatic carbocycles. The standard InChI is InChI=1S/C26H36N8O2/c27-12-15-3-5-17(6-4-15)26(36)32-20(9-10-23(35)29-13-16-1-2-16)25-30-14-22(31-25)18-7-8-19-21(11-18)33-34-24(19)28/h7-8,11,14-17,20H,1-6,9-10,12-13,27H2,(H,29,35)(H,30,31)(H,32,36)(H3,28,33,34). The van der Waals surface area contributed by atoms with E-state index in [4.69, 9.17) is 11.5 Å². The first kappa shape index (κ1) is 24.3. The summed E-state index contributed by atoms with van der Waals surface area (Å²) in [4.78, 5) is 33.6. The van der Waals surface area contributed by atoms with Gasteiger partial charge in [-0.1, -0.05) is 6.07 Å². The van der Waals surface area contributed by atoms with Crippen LogP contribution in [0.4, 0.5) is 5.82 Å². The molecule has 2 aliphatic rings. The Morgan fingerprint density at radius 3 is 2.64 bits per heavy atom. The third-order valence-electron chi connectivity index (χ3n) is 7.64. The van der Waals surface area contributed by atoms with E-state index in [1.54, 1.807) is 6.20 Å². The van der Waals surface area contributed by atoms with Gasteiger partial charge in [0, 0.05) is 29.8 Å². The predicted octanol–water partition coefficient (Wildman–Crippen LogP) is 2.76. The van der Waals surface area contributed by atoms with Crippen molar-refractivity contribution >= 4 is 28.5 Å². The number of anilines is 1. The van der Waals surface area contributed by atoms with Crippen molar-refractivity contribution in [3.63, 3.8) is 0 Å². The summed E-state index contributed by atoms with van der Waals surface area (Å²) in [6, 6.07) is 5.47. The zero-order valence-electron chi connectivity index (χ0n) is 20.6. The van der Waals surface area contributed by atoms with E-state index in [-0.39, 0.29) is 23.8 Å². The highest BCUT2D eigenvalue weighted by molar-refractivity contribution is 5.91. The molecule has 1 unspecified atom stereocenters. The smallest absolute Gasteiger partial charge is 0.223 e. The second-order valence-corrected chi connectivity index (χ2v) is 10.4. The third-order valence-corrected chi connectivity index (χ3v) is 7.64. The Morgan fingerprint density at radius 2 is 1.89 bits per heavy atom. The number of rotatable bonds is 10. The Bertz CT molecular complexity index is 1210. The number of carbonyl (C=O) groups excluding carboxylic acids is 2. The van der Waals surface area contributed by atoms with Crippen LogP contribution in [0, 0.1) is 17.8 Å². The largest absolute Gasteiger partial charge is 0.382 e. The number of H-pyrrole nitrogens is 2. The van der Waals surface area contributed by atoms with Crippen molar-refractivity contribution in [2.45, 2.75) is 57.4 Å². The van der Waals surface area contributed by atoms with Gasteiger partial charge in [0.25, 0.3) is 0 Å². The Hall–Kier alpha value is -3.40. The number of nitrogens with two attached hydrogens (primary N) is 2. The van der Waals surface area contributed by atoms with Crippen molar-refractivity contribution in [1.29, 1.82) is 0 Å². The van der Waals surface area contributed by atoms with Gasteiger partial charge >= 0.3 is 0 Å². The number of aromatic nitrogens is 4. The minimum atomic E-state index is -0.378. The number of carbonyl (C=O) groups is 2. The van der Waals surface area contributed by atoms with Gasteiger partial charge in [-0.15, -0.1) is 0 Å². The van der Waals surface area contributed by atoms with Crippen LogP contribution in [0.15, 0.2) is 24.4 Å². The molecule has 10 nitrogen and oxygen atoms in total. The van der Waals surface area contributed by atoms with Crippen LogP contribution >= 0.6 is 0 Å². The molecular formula is C26H36N8O2. The fraction of sp³-hybridized carbons (Fsp3) is 0.538. The van der Waals surface area contributed by atoms with E-state index >= 15 is 0 Å². The predicted molar refractivity (Wildman–Crippen MR) is 138 cm³/mol. The summed E-state index contributed by atoms with van der Waals surface area (Å²) in [5, 5.41) is 14.1. The molecule has 2 amide bonds. The van der Waals surface area contributed by atoms with Gasteiger partial charge in [-0.25, -0.2) is 4.98 Å². The maximum absolute atomic E-state index is 13.2. The molecule has 8 N–H and O–H groups in total. The van der Waals surface area contributed by atoms with Crippen molar-refractivity contribution in [3.8, 4) is 11.3 Å². The lowest BCUT2D eigenvalue weighted by molar-refractivity contribution is -0.127. The number of benzene rings is 1. The van der Waals surface area contributed by atoms with Crippen LogP contribution in [0.5, 0.6) is 0 Å². The van der Waals surface area contributed by atoms with E-state index < -0.39 is 0 Å². The van der Waals surface area contributed by atoms with Crippen LogP contribution in [-0.4, -0.2) is 45.1 Å². The molecule has 192 valence electrons. The lowest BCUT2D eigenvalue weighted by Crippen LogP contribution is -2.37. The van der Waals surface area contributed by atoms with Crippen LogP contribution in [0.1, 0.15) is 63.2 Å². The first-order valence-corrected chi connectivity index (χ1v) is 13.1. The van der Waals surface area contributed by atoms with Crippen molar-refractivity contribution < 1.29 is 9.59 Å². The van der Waals surface area contributed by atoms with Gasteiger partial charge in [0.2, 0.25) is 11.8 Å². The molecule has 2 fully saturated rings. The molecule has 2 saturated carbocycles. The Labute approximate surface area is 210 Å². The van der Waals surface area contributed by atoms with Crippen molar-refractivity contribution in [3.05, 3.63) is 30.2 Å². The molecule has 3 aromatic rings. The summed E-state index contributed by atoms with van der Waals surface area (Å²) in [5.41, 5.74) is 14.3. The Kier molecular flexibility index (Phi) is 7.22. The summed E-state index contributed by atoms with van der Waals surface area (Å²) >= 11 is 0. The summed E-state index contributed by atoms with van der Waals surface area (Å²) in [5.74, 6) is 2.26. The van der Waals surface area contributed by atoms with Crippen LogP contribution < -0.4 is 22.1 Å². The van der Waals surface area contributed by atoms with E-state index in [0.29, 0.717) is 42.9 Å². The van der Waals surface area contributed by atoms with Gasteiger partial charge in [0.15, 0.2) is 5.82 Å². The lowest BCUT2D eigenvalue weighted by atomic mass is 9.81. The van der Waals surface area contributed by atoms with E-state index in [1.165, 1.54) is 12.8 Å². The van der Waals surface area contributed by atoms with Gasteiger partial charge in [-0.05, 0) is 75.5 Å². The van der Waals surface area contributed by atoms with Gasteiger partial charge in [-0.2, -0.15) is 5.10 Å². The number of fused-ring (bicyclic) bond motifs is 1. The number of amides is 2. The quantitative estimate of drug-likeness (QED) is 0.254. The first-order valence-electron chi connectivity index (χ1n) is 13.1. The minimum Gasteiger partial charge on any atom is -0.382 e. The van der Waals surface area contributed by atoms with Crippen LogP contribution in [0.2, 0.25) is 0 Å². The van der Waals surface area contributed by atoms with Gasteiger partial charge in [0.1, 0.15) is 5.82 Å². The molecular weight excluding hydrogens is 456 g/mol. The topological polar surface area (TPSA) is 168 Å². The monoisotopic (exact) mass is 492 g/mol. The molecule has 2 heterocycles. The maximum atomic E-state index is 13.2. The average molecular weight is 493 g/mol. The van der Waals surface area contributed by atoms with E-state index in [9.17, 15) is 9.59 Å². The van der Waals surface area contributed by atoms with Crippen molar-refractivity contribution in [1.82, 2.24) is 30.8 Å². The van der Waals surface area contributed by atoms with Crippen molar-refractivity contribution in [2.75, 3.05) is 18.8 Å². The van der Waals surface area contributed by atoms with Crippen LogP contribution in [0.25, 0.3) is 22.2 Å². The number of nitrogens with zero attached hydrogens (tertiary/aromatic N) is 2. The van der Waals surface area contributed by atoms with Crippen LogP contribution in [0.3, 0.4) is 0 Å². The highest BCUT2D eigenvalue weighted by Crippen LogP contribution is 2.30. The second kappa shape index (κ2) is 10.7.